The second-order valence-corrected chi connectivity index (χ2v) is 9.78. The Balaban J connectivity index is 1.31. The molecule has 6 N–H and O–H groups in total. The number of aromatic nitrogens is 4. The van der Waals surface area contributed by atoms with E-state index in [4.69, 9.17) is 16.2 Å². The van der Waals surface area contributed by atoms with Crippen molar-refractivity contribution < 1.29 is 9.53 Å². The number of hydrogen-bond acceptors (Lipinski definition) is 8. The Kier molecular flexibility index (Phi) is 9.36. The number of amides is 1. The molecule has 0 unspecified atom stereocenters. The summed E-state index contributed by atoms with van der Waals surface area (Å²) in [4.78, 5) is 38.0. The Morgan fingerprint density at radius 3 is 2.58 bits per heavy atom. The van der Waals surface area contributed by atoms with Crippen LogP contribution in [-0.2, 0) is 17.9 Å². The fourth-order valence-corrected chi connectivity index (χ4v) is 4.72. The van der Waals surface area contributed by atoms with Gasteiger partial charge in [0.15, 0.2) is 11.5 Å². The lowest BCUT2D eigenvalue weighted by Crippen LogP contribution is -2.34. The highest BCUT2D eigenvalue weighted by atomic mass is 16.5. The van der Waals surface area contributed by atoms with Crippen LogP contribution >= 0.6 is 0 Å². The molecule has 11 heteroatoms. The van der Waals surface area contributed by atoms with Crippen molar-refractivity contribution in [2.75, 3.05) is 32.0 Å². The number of imidazole rings is 1. The van der Waals surface area contributed by atoms with Crippen LogP contribution in [0.5, 0.6) is 6.01 Å². The number of nitrogens with zero attached hydrogens (tertiary/aromatic N) is 4. The Labute approximate surface area is 222 Å². The summed E-state index contributed by atoms with van der Waals surface area (Å²) in [6.45, 7) is 6.59. The molecule has 0 radical (unpaired) electrons. The molecule has 0 bridgehead atoms. The number of hydrogen-bond donors (Lipinski definition) is 4. The second-order valence-electron chi connectivity index (χ2n) is 9.78. The van der Waals surface area contributed by atoms with Crippen molar-refractivity contribution >= 4 is 22.9 Å². The van der Waals surface area contributed by atoms with Crippen LogP contribution in [0.15, 0.2) is 41.3 Å². The molecule has 1 fully saturated rings. The first-order valence-electron chi connectivity index (χ1n) is 13.3. The molecule has 0 atom stereocenters. The van der Waals surface area contributed by atoms with E-state index < -0.39 is 0 Å². The summed E-state index contributed by atoms with van der Waals surface area (Å²) in [5, 5.41) is 2.87. The van der Waals surface area contributed by atoms with Gasteiger partial charge in [-0.15, -0.1) is 0 Å². The van der Waals surface area contributed by atoms with E-state index in [0.717, 1.165) is 57.3 Å². The molecule has 0 aliphatic carbocycles. The number of benzene rings is 1. The summed E-state index contributed by atoms with van der Waals surface area (Å²) in [6, 6.07) is 8.52. The van der Waals surface area contributed by atoms with Crippen molar-refractivity contribution in [2.24, 2.45) is 11.7 Å². The molecular formula is C27H38N8O3. The number of nitrogens with one attached hydrogen (secondary N) is 2. The number of nitrogen functional groups attached to an aromatic ring is 1. The van der Waals surface area contributed by atoms with E-state index in [1.165, 1.54) is 17.8 Å². The summed E-state index contributed by atoms with van der Waals surface area (Å²) in [5.41, 5.74) is 14.1. The monoisotopic (exact) mass is 522 g/mol. The predicted molar refractivity (Wildman–Crippen MR) is 147 cm³/mol. The molecule has 1 aliphatic heterocycles. The minimum absolute atomic E-state index is 0.137. The second kappa shape index (κ2) is 13.1. The smallest absolute Gasteiger partial charge is 0.328 e. The zero-order chi connectivity index (χ0) is 26.9. The van der Waals surface area contributed by atoms with Crippen molar-refractivity contribution in [1.29, 1.82) is 0 Å². The van der Waals surface area contributed by atoms with Crippen molar-refractivity contribution in [3.63, 3.8) is 0 Å². The summed E-state index contributed by atoms with van der Waals surface area (Å²) in [6.07, 6.45) is 7.72. The fourth-order valence-electron chi connectivity index (χ4n) is 4.72. The van der Waals surface area contributed by atoms with Gasteiger partial charge in [-0.25, -0.2) is 4.79 Å². The predicted octanol–water partition coefficient (Wildman–Crippen LogP) is 2.12. The number of nitrogens with two attached hydrogens (primary N) is 2. The van der Waals surface area contributed by atoms with E-state index in [2.05, 4.69) is 56.4 Å². The first-order chi connectivity index (χ1) is 18.5. The van der Waals surface area contributed by atoms with Crippen molar-refractivity contribution in [3.05, 3.63) is 58.2 Å². The quantitative estimate of drug-likeness (QED) is 0.208. The number of rotatable bonds is 12. The number of fused-ring (bicyclic) bond motifs is 1. The van der Waals surface area contributed by atoms with Gasteiger partial charge in [-0.1, -0.05) is 37.6 Å². The molecule has 11 nitrogen and oxygen atoms in total. The van der Waals surface area contributed by atoms with Crippen molar-refractivity contribution in [2.45, 2.75) is 52.1 Å². The molecule has 0 spiro atoms. The molecule has 38 heavy (non-hydrogen) atoms. The number of piperidine rings is 1. The molecule has 3 aromatic rings. The van der Waals surface area contributed by atoms with E-state index >= 15 is 0 Å². The van der Waals surface area contributed by atoms with Crippen LogP contribution in [0.4, 0.5) is 5.82 Å². The van der Waals surface area contributed by atoms with Gasteiger partial charge < -0.3 is 26.5 Å². The van der Waals surface area contributed by atoms with Crippen LogP contribution in [-0.4, -0.2) is 56.6 Å². The molecular weight excluding hydrogens is 484 g/mol. The molecule has 1 aliphatic rings. The lowest BCUT2D eigenvalue weighted by Gasteiger charge is -2.32. The van der Waals surface area contributed by atoms with E-state index in [1.807, 2.05) is 0 Å². The summed E-state index contributed by atoms with van der Waals surface area (Å²) in [5.74, 6) is 0.687. The first kappa shape index (κ1) is 27.2. The van der Waals surface area contributed by atoms with Crippen LogP contribution in [0.3, 0.4) is 0 Å². The minimum atomic E-state index is -0.283. The third kappa shape index (κ3) is 7.12. The van der Waals surface area contributed by atoms with E-state index in [0.29, 0.717) is 36.8 Å². The topological polar surface area (TPSA) is 157 Å². The lowest BCUT2D eigenvalue weighted by molar-refractivity contribution is -0.116. The third-order valence-corrected chi connectivity index (χ3v) is 6.94. The molecule has 1 aromatic carbocycles. The molecule has 3 heterocycles. The third-order valence-electron chi connectivity index (χ3n) is 6.94. The normalized spacial score (nSPS) is 14.9. The molecule has 1 saturated heterocycles. The molecule has 1 amide bonds. The standard InChI is InChI=1S/C27H38N8O3/c1-2-3-16-38-26-32-24(29)23-25(33-26)35(27(37)31-23)18-21-6-4-20(5-7-21)17-34-14-10-19(11-15-34)9-13-30-22(36)8-12-28/h4-8,12,19H,2-3,9-11,13-18,28H2,1H3,(H,30,36)(H,31,37)(H2,29,32,33). The van der Waals surface area contributed by atoms with Gasteiger partial charge in [-0.05, 0) is 62.0 Å². The summed E-state index contributed by atoms with van der Waals surface area (Å²) >= 11 is 0. The zero-order valence-electron chi connectivity index (χ0n) is 22.0. The average Bonchev–Trinajstić information content (AvgIpc) is 3.22. The van der Waals surface area contributed by atoms with E-state index in [1.54, 1.807) is 4.57 Å². The molecule has 204 valence electrons. The maximum atomic E-state index is 12.7. The number of carbonyl (C=O) groups excluding carboxylic acids is 1. The Hall–Kier alpha value is -3.86. The number of likely N-dealkylation sites (tertiary alicyclic amines) is 1. The first-order valence-corrected chi connectivity index (χ1v) is 13.3. The van der Waals surface area contributed by atoms with Crippen LogP contribution in [0, 0.1) is 5.92 Å². The Morgan fingerprint density at radius 2 is 1.89 bits per heavy atom. The maximum absolute atomic E-state index is 12.7. The van der Waals surface area contributed by atoms with E-state index in [-0.39, 0.29) is 23.4 Å². The highest BCUT2D eigenvalue weighted by Crippen LogP contribution is 2.22. The highest BCUT2D eigenvalue weighted by molar-refractivity contribution is 5.87. The molecule has 0 saturated carbocycles. The maximum Gasteiger partial charge on any atom is 0.328 e. The molecule has 4 rings (SSSR count). The van der Waals surface area contributed by atoms with Gasteiger partial charge in [0.05, 0.1) is 13.2 Å². The van der Waals surface area contributed by atoms with Gasteiger partial charge in [0.2, 0.25) is 5.91 Å². The van der Waals surface area contributed by atoms with E-state index in [9.17, 15) is 9.59 Å². The average molecular weight is 523 g/mol. The number of H-pyrrole nitrogens is 1. The van der Waals surface area contributed by atoms with Gasteiger partial charge in [-0.3, -0.25) is 14.3 Å². The SMILES string of the molecule is CCCCOc1nc(N)c2[nH]c(=O)n(Cc3ccc(CN4CCC(CCNC(=O)C=CN)CC4)cc3)c2n1. The summed E-state index contributed by atoms with van der Waals surface area (Å²) in [7, 11) is 0. The highest BCUT2D eigenvalue weighted by Gasteiger charge is 2.19. The van der Waals surface area contributed by atoms with Gasteiger partial charge >= 0.3 is 11.7 Å². The Morgan fingerprint density at radius 1 is 1.18 bits per heavy atom. The van der Waals surface area contributed by atoms with Crippen LogP contribution in [0.25, 0.3) is 11.2 Å². The number of aromatic amines is 1. The number of unbranched alkanes of at least 4 members (excludes halogenated alkanes) is 1. The van der Waals surface area contributed by atoms with Crippen LogP contribution in [0.1, 0.15) is 50.2 Å². The zero-order valence-corrected chi connectivity index (χ0v) is 22.0. The van der Waals surface area contributed by atoms with Crippen molar-refractivity contribution in [1.82, 2.24) is 29.7 Å². The number of anilines is 1. The van der Waals surface area contributed by atoms with Crippen molar-refractivity contribution in [3.8, 4) is 6.01 Å². The van der Waals surface area contributed by atoms with Gasteiger partial charge in [0.25, 0.3) is 0 Å². The lowest BCUT2D eigenvalue weighted by atomic mass is 9.93. The minimum Gasteiger partial charge on any atom is -0.463 e. The van der Waals surface area contributed by atoms with Gasteiger partial charge in [-0.2, -0.15) is 9.97 Å². The fraction of sp³-hybridized carbons (Fsp3) is 0.481. The van der Waals surface area contributed by atoms with Crippen LogP contribution in [0.2, 0.25) is 0 Å². The number of carbonyl (C=O) groups is 1. The number of ether oxygens (including phenoxy) is 1. The largest absolute Gasteiger partial charge is 0.463 e. The Bertz CT molecular complexity index is 1290. The molecule has 2 aromatic heterocycles. The van der Waals surface area contributed by atoms with Gasteiger partial charge in [0.1, 0.15) is 5.52 Å². The summed E-state index contributed by atoms with van der Waals surface area (Å²) < 4.78 is 7.19. The van der Waals surface area contributed by atoms with Crippen LogP contribution < -0.4 is 27.2 Å². The van der Waals surface area contributed by atoms with Gasteiger partial charge in [0, 0.05) is 19.2 Å².